The van der Waals surface area contributed by atoms with Crippen molar-refractivity contribution in [2.75, 3.05) is 6.61 Å². The molecule has 0 unspecified atom stereocenters. The fourth-order valence-corrected chi connectivity index (χ4v) is 2.57. The Morgan fingerprint density at radius 1 is 1.08 bits per heavy atom. The zero-order valence-electron chi connectivity index (χ0n) is 15.2. The maximum absolute atomic E-state index is 12.1. The van der Waals surface area contributed by atoms with E-state index in [0.717, 1.165) is 41.7 Å². The van der Waals surface area contributed by atoms with Crippen molar-refractivity contribution in [2.24, 2.45) is 5.10 Å². The second-order valence-electron chi connectivity index (χ2n) is 6.18. The van der Waals surface area contributed by atoms with Crippen LogP contribution < -0.4 is 10.2 Å². The standard InChI is InChI=1S/C21H26N2O2/c1-4-5-11-20(18-9-7-6-8-10-18)22-23-21(24)15-25-19-13-16(2)12-17(3)14-19/h6-10,12-14H,4-5,11,15H2,1-3H3,(H,23,24). The fraction of sp³-hybridized carbons (Fsp3) is 0.333. The topological polar surface area (TPSA) is 50.7 Å². The highest BCUT2D eigenvalue weighted by molar-refractivity contribution is 6.01. The SMILES string of the molecule is CCCCC(=NNC(=O)COc1cc(C)cc(C)c1)c1ccccc1. The zero-order valence-corrected chi connectivity index (χ0v) is 15.2. The number of nitrogens with one attached hydrogen (secondary N) is 1. The van der Waals surface area contributed by atoms with E-state index in [1.807, 2.05) is 56.3 Å². The number of aryl methyl sites for hydroxylation is 2. The van der Waals surface area contributed by atoms with Gasteiger partial charge in [-0.25, -0.2) is 5.43 Å². The Morgan fingerprint density at radius 2 is 1.76 bits per heavy atom. The number of carbonyl (C=O) groups excluding carboxylic acids is 1. The summed E-state index contributed by atoms with van der Waals surface area (Å²) in [7, 11) is 0. The number of carbonyl (C=O) groups is 1. The highest BCUT2D eigenvalue weighted by atomic mass is 16.5. The number of ether oxygens (including phenoxy) is 1. The summed E-state index contributed by atoms with van der Waals surface area (Å²) < 4.78 is 5.57. The number of rotatable bonds is 8. The third kappa shape index (κ3) is 6.42. The monoisotopic (exact) mass is 338 g/mol. The average molecular weight is 338 g/mol. The Morgan fingerprint density at radius 3 is 2.40 bits per heavy atom. The van der Waals surface area contributed by atoms with Crippen LogP contribution in [0.3, 0.4) is 0 Å². The Balaban J connectivity index is 1.95. The highest BCUT2D eigenvalue weighted by Gasteiger charge is 2.06. The molecule has 4 heteroatoms. The molecule has 0 saturated heterocycles. The predicted octanol–water partition coefficient (Wildman–Crippen LogP) is 4.39. The van der Waals surface area contributed by atoms with E-state index in [4.69, 9.17) is 4.74 Å². The van der Waals surface area contributed by atoms with Crippen LogP contribution in [0.25, 0.3) is 0 Å². The molecule has 0 heterocycles. The van der Waals surface area contributed by atoms with Gasteiger partial charge in [0.1, 0.15) is 5.75 Å². The number of unbranched alkanes of at least 4 members (excludes halogenated alkanes) is 1. The van der Waals surface area contributed by atoms with Crippen molar-refractivity contribution < 1.29 is 9.53 Å². The van der Waals surface area contributed by atoms with Gasteiger partial charge in [-0.3, -0.25) is 4.79 Å². The second-order valence-corrected chi connectivity index (χ2v) is 6.18. The second kappa shape index (κ2) is 9.62. The molecule has 2 rings (SSSR count). The van der Waals surface area contributed by atoms with E-state index in [0.29, 0.717) is 5.75 Å². The molecule has 2 aromatic rings. The van der Waals surface area contributed by atoms with E-state index >= 15 is 0 Å². The summed E-state index contributed by atoms with van der Waals surface area (Å²) in [4.78, 5) is 12.1. The largest absolute Gasteiger partial charge is 0.484 e. The molecule has 0 bridgehead atoms. The van der Waals surface area contributed by atoms with Crippen molar-refractivity contribution in [2.45, 2.75) is 40.0 Å². The van der Waals surface area contributed by atoms with Crippen LogP contribution in [0, 0.1) is 13.8 Å². The Kier molecular flexibility index (Phi) is 7.20. The lowest BCUT2D eigenvalue weighted by Crippen LogP contribution is -2.26. The van der Waals surface area contributed by atoms with Crippen LogP contribution in [0.1, 0.15) is 42.9 Å². The lowest BCUT2D eigenvalue weighted by Gasteiger charge is -2.09. The van der Waals surface area contributed by atoms with Gasteiger partial charge in [0.25, 0.3) is 5.91 Å². The third-order valence-corrected chi connectivity index (χ3v) is 3.75. The first-order chi connectivity index (χ1) is 12.1. The lowest BCUT2D eigenvalue weighted by molar-refractivity contribution is -0.123. The minimum Gasteiger partial charge on any atom is -0.484 e. The minimum absolute atomic E-state index is 0.0533. The molecule has 4 nitrogen and oxygen atoms in total. The van der Waals surface area contributed by atoms with Crippen LogP contribution in [0.4, 0.5) is 0 Å². The zero-order chi connectivity index (χ0) is 18.1. The molecule has 2 aromatic carbocycles. The maximum Gasteiger partial charge on any atom is 0.277 e. The van der Waals surface area contributed by atoms with Crippen LogP contribution in [-0.2, 0) is 4.79 Å². The van der Waals surface area contributed by atoms with Gasteiger partial charge >= 0.3 is 0 Å². The normalized spacial score (nSPS) is 11.2. The number of amides is 1. The lowest BCUT2D eigenvalue weighted by atomic mass is 10.1. The van der Waals surface area contributed by atoms with Gasteiger partial charge in [-0.05, 0) is 55.5 Å². The Bertz CT molecular complexity index is 704. The molecule has 0 saturated carbocycles. The molecular weight excluding hydrogens is 312 g/mol. The number of hydrogen-bond donors (Lipinski definition) is 1. The fourth-order valence-electron chi connectivity index (χ4n) is 2.57. The van der Waals surface area contributed by atoms with Gasteiger partial charge in [0.15, 0.2) is 6.61 Å². The molecule has 0 aliphatic rings. The molecule has 0 aromatic heterocycles. The summed E-state index contributed by atoms with van der Waals surface area (Å²) >= 11 is 0. The molecule has 1 N–H and O–H groups in total. The first-order valence-corrected chi connectivity index (χ1v) is 8.70. The minimum atomic E-state index is -0.260. The maximum atomic E-state index is 12.1. The predicted molar refractivity (Wildman–Crippen MR) is 102 cm³/mol. The summed E-state index contributed by atoms with van der Waals surface area (Å²) in [5.41, 5.74) is 6.76. The first-order valence-electron chi connectivity index (χ1n) is 8.70. The van der Waals surface area contributed by atoms with Gasteiger partial charge in [0, 0.05) is 0 Å². The molecule has 0 aliphatic carbocycles. The number of benzene rings is 2. The number of hydrogen-bond acceptors (Lipinski definition) is 3. The van der Waals surface area contributed by atoms with Gasteiger partial charge in [-0.1, -0.05) is 49.7 Å². The van der Waals surface area contributed by atoms with Gasteiger partial charge in [-0.15, -0.1) is 0 Å². The highest BCUT2D eigenvalue weighted by Crippen LogP contribution is 2.16. The van der Waals surface area contributed by atoms with Gasteiger partial charge in [0.2, 0.25) is 0 Å². The van der Waals surface area contributed by atoms with E-state index in [2.05, 4.69) is 23.5 Å². The molecule has 0 atom stereocenters. The summed E-state index contributed by atoms with van der Waals surface area (Å²) in [5.74, 6) is 0.440. The summed E-state index contributed by atoms with van der Waals surface area (Å²) in [6.07, 6.45) is 2.94. The van der Waals surface area contributed by atoms with Crippen LogP contribution in [0.5, 0.6) is 5.75 Å². The van der Waals surface area contributed by atoms with Crippen LogP contribution in [0.2, 0.25) is 0 Å². The van der Waals surface area contributed by atoms with E-state index < -0.39 is 0 Å². The van der Waals surface area contributed by atoms with Crippen LogP contribution in [0.15, 0.2) is 53.6 Å². The molecule has 0 fully saturated rings. The third-order valence-electron chi connectivity index (χ3n) is 3.75. The van der Waals surface area contributed by atoms with E-state index in [9.17, 15) is 4.79 Å². The van der Waals surface area contributed by atoms with Gasteiger partial charge in [0.05, 0.1) is 5.71 Å². The van der Waals surface area contributed by atoms with Crippen LogP contribution >= 0.6 is 0 Å². The van der Waals surface area contributed by atoms with Crippen molar-refractivity contribution >= 4 is 11.6 Å². The molecule has 1 amide bonds. The van der Waals surface area contributed by atoms with Crippen molar-refractivity contribution in [3.8, 4) is 5.75 Å². The van der Waals surface area contributed by atoms with Crippen molar-refractivity contribution in [1.82, 2.24) is 5.43 Å². The smallest absolute Gasteiger partial charge is 0.277 e. The molecule has 0 radical (unpaired) electrons. The van der Waals surface area contributed by atoms with Crippen molar-refractivity contribution in [3.63, 3.8) is 0 Å². The van der Waals surface area contributed by atoms with Gasteiger partial charge in [-0.2, -0.15) is 5.10 Å². The Labute approximate surface area is 149 Å². The average Bonchev–Trinajstić information content (AvgIpc) is 2.60. The Hall–Kier alpha value is -2.62. The van der Waals surface area contributed by atoms with E-state index in [1.165, 1.54) is 0 Å². The molecule has 25 heavy (non-hydrogen) atoms. The van der Waals surface area contributed by atoms with Crippen LogP contribution in [-0.4, -0.2) is 18.2 Å². The van der Waals surface area contributed by atoms with E-state index in [-0.39, 0.29) is 12.5 Å². The molecular formula is C21H26N2O2. The quantitative estimate of drug-likeness (QED) is 0.573. The molecule has 132 valence electrons. The van der Waals surface area contributed by atoms with E-state index in [1.54, 1.807) is 0 Å². The first kappa shape index (κ1) is 18.7. The number of hydrazone groups is 1. The van der Waals surface area contributed by atoms with Crippen molar-refractivity contribution in [1.29, 1.82) is 0 Å². The molecule has 0 aliphatic heterocycles. The molecule has 0 spiro atoms. The summed E-state index contributed by atoms with van der Waals surface area (Å²) in [6.45, 7) is 6.09. The number of nitrogens with zero attached hydrogens (tertiary/aromatic N) is 1. The summed E-state index contributed by atoms with van der Waals surface area (Å²) in [6, 6.07) is 15.8. The summed E-state index contributed by atoms with van der Waals surface area (Å²) in [5, 5.41) is 4.32. The van der Waals surface area contributed by atoms with Gasteiger partial charge < -0.3 is 4.74 Å². The van der Waals surface area contributed by atoms with Crippen molar-refractivity contribution in [3.05, 3.63) is 65.2 Å².